The van der Waals surface area contributed by atoms with Crippen LogP contribution in [0.5, 0.6) is 5.75 Å². The maximum absolute atomic E-state index is 5.69. The molecule has 0 saturated carbocycles. The van der Waals surface area contributed by atoms with Crippen molar-refractivity contribution < 1.29 is 14.2 Å². The van der Waals surface area contributed by atoms with E-state index in [1.54, 1.807) is 7.11 Å². The van der Waals surface area contributed by atoms with Gasteiger partial charge in [-0.2, -0.15) is 0 Å². The molecule has 1 aromatic carbocycles. The van der Waals surface area contributed by atoms with Gasteiger partial charge in [-0.1, -0.05) is 13.0 Å². The smallest absolute Gasteiger partial charge is 0.124 e. The minimum atomic E-state index is -0.118. The molecule has 0 saturated heterocycles. The third-order valence-electron chi connectivity index (χ3n) is 2.94. The van der Waals surface area contributed by atoms with Gasteiger partial charge in [-0.05, 0) is 45.0 Å². The fourth-order valence-corrected chi connectivity index (χ4v) is 1.91. The predicted molar refractivity (Wildman–Crippen MR) is 85.7 cm³/mol. The van der Waals surface area contributed by atoms with Gasteiger partial charge in [-0.15, -0.1) is 0 Å². The summed E-state index contributed by atoms with van der Waals surface area (Å²) in [6.45, 7) is 11.8. The van der Waals surface area contributed by atoms with Gasteiger partial charge in [-0.3, -0.25) is 0 Å². The van der Waals surface area contributed by atoms with E-state index in [1.807, 2.05) is 26.8 Å². The van der Waals surface area contributed by atoms with Gasteiger partial charge >= 0.3 is 0 Å². The zero-order valence-corrected chi connectivity index (χ0v) is 14.0. The standard InChI is InChI=1S/C17H29NO3/c1-6-18-12-14-7-8-16(19-5)15(11-14)13-20-9-10-21-17(2,3)4/h7-8,11,18H,6,9-10,12-13H2,1-5H3. The van der Waals surface area contributed by atoms with Crippen LogP contribution >= 0.6 is 0 Å². The summed E-state index contributed by atoms with van der Waals surface area (Å²) in [7, 11) is 1.69. The van der Waals surface area contributed by atoms with E-state index < -0.39 is 0 Å². The van der Waals surface area contributed by atoms with Gasteiger partial charge in [-0.25, -0.2) is 0 Å². The summed E-state index contributed by atoms with van der Waals surface area (Å²) in [5, 5.41) is 3.32. The highest BCUT2D eigenvalue weighted by Gasteiger charge is 2.09. The topological polar surface area (TPSA) is 39.7 Å². The van der Waals surface area contributed by atoms with E-state index in [4.69, 9.17) is 14.2 Å². The number of benzene rings is 1. The lowest BCUT2D eigenvalue weighted by Crippen LogP contribution is -2.21. The van der Waals surface area contributed by atoms with E-state index in [9.17, 15) is 0 Å². The second-order valence-corrected chi connectivity index (χ2v) is 5.94. The average molecular weight is 295 g/mol. The van der Waals surface area contributed by atoms with Crippen LogP contribution in [0.3, 0.4) is 0 Å². The third kappa shape index (κ3) is 7.46. The van der Waals surface area contributed by atoms with Crippen LogP contribution in [-0.2, 0) is 22.6 Å². The quantitative estimate of drug-likeness (QED) is 0.711. The van der Waals surface area contributed by atoms with Crippen molar-refractivity contribution in [3.05, 3.63) is 29.3 Å². The highest BCUT2D eigenvalue weighted by Crippen LogP contribution is 2.21. The van der Waals surface area contributed by atoms with Crippen molar-refractivity contribution in [2.75, 3.05) is 26.9 Å². The number of rotatable bonds is 9. The second-order valence-electron chi connectivity index (χ2n) is 5.94. The minimum absolute atomic E-state index is 0.118. The molecule has 4 nitrogen and oxygen atoms in total. The van der Waals surface area contributed by atoms with Gasteiger partial charge in [0, 0.05) is 12.1 Å². The van der Waals surface area contributed by atoms with Crippen molar-refractivity contribution in [2.24, 2.45) is 0 Å². The summed E-state index contributed by atoms with van der Waals surface area (Å²) in [5.41, 5.74) is 2.19. The summed E-state index contributed by atoms with van der Waals surface area (Å²) in [4.78, 5) is 0. The fourth-order valence-electron chi connectivity index (χ4n) is 1.91. The van der Waals surface area contributed by atoms with Gasteiger partial charge in [0.15, 0.2) is 0 Å². The first-order valence-electron chi connectivity index (χ1n) is 7.54. The number of hydrogen-bond acceptors (Lipinski definition) is 4. The Morgan fingerprint density at radius 1 is 1.14 bits per heavy atom. The Balaban J connectivity index is 2.48. The summed E-state index contributed by atoms with van der Waals surface area (Å²) < 4.78 is 16.7. The molecule has 0 bridgehead atoms. The van der Waals surface area contributed by atoms with Crippen LogP contribution in [0.4, 0.5) is 0 Å². The third-order valence-corrected chi connectivity index (χ3v) is 2.94. The van der Waals surface area contributed by atoms with E-state index in [2.05, 4.69) is 24.4 Å². The molecule has 0 amide bonds. The molecule has 4 heteroatoms. The molecule has 0 fully saturated rings. The first-order valence-corrected chi connectivity index (χ1v) is 7.54. The Morgan fingerprint density at radius 3 is 2.52 bits per heavy atom. The van der Waals surface area contributed by atoms with Crippen LogP contribution < -0.4 is 10.1 Å². The van der Waals surface area contributed by atoms with Crippen molar-refractivity contribution in [1.82, 2.24) is 5.32 Å². The maximum atomic E-state index is 5.69. The Kier molecular flexibility index (Phi) is 7.72. The van der Waals surface area contributed by atoms with E-state index in [1.165, 1.54) is 5.56 Å². The zero-order chi connectivity index (χ0) is 15.7. The number of nitrogens with one attached hydrogen (secondary N) is 1. The summed E-state index contributed by atoms with van der Waals surface area (Å²) in [5.74, 6) is 0.868. The van der Waals surface area contributed by atoms with Crippen LogP contribution in [0.1, 0.15) is 38.8 Å². The summed E-state index contributed by atoms with van der Waals surface area (Å²) in [6.07, 6.45) is 0. The maximum Gasteiger partial charge on any atom is 0.124 e. The van der Waals surface area contributed by atoms with Gasteiger partial charge in [0.25, 0.3) is 0 Å². The lowest BCUT2D eigenvalue weighted by Gasteiger charge is -2.19. The van der Waals surface area contributed by atoms with Crippen LogP contribution in [0.25, 0.3) is 0 Å². The van der Waals surface area contributed by atoms with Crippen molar-refractivity contribution in [1.29, 1.82) is 0 Å². The molecule has 0 heterocycles. The Hall–Kier alpha value is -1.10. The molecule has 1 rings (SSSR count). The number of ether oxygens (including phenoxy) is 3. The Bertz CT molecular complexity index is 413. The molecule has 120 valence electrons. The SMILES string of the molecule is CCNCc1ccc(OC)c(COCCOC(C)(C)C)c1. The molecule has 0 atom stereocenters. The van der Waals surface area contributed by atoms with E-state index in [-0.39, 0.29) is 5.60 Å². The van der Waals surface area contributed by atoms with E-state index in [0.29, 0.717) is 19.8 Å². The molecule has 0 aliphatic rings. The van der Waals surface area contributed by atoms with Crippen molar-refractivity contribution in [3.63, 3.8) is 0 Å². The van der Waals surface area contributed by atoms with Crippen LogP contribution in [0, 0.1) is 0 Å². The normalized spacial score (nSPS) is 11.7. The molecule has 0 aliphatic heterocycles. The summed E-state index contributed by atoms with van der Waals surface area (Å²) in [6, 6.07) is 6.21. The Morgan fingerprint density at radius 2 is 1.90 bits per heavy atom. The molecule has 0 radical (unpaired) electrons. The number of hydrogen-bond donors (Lipinski definition) is 1. The fraction of sp³-hybridized carbons (Fsp3) is 0.647. The lowest BCUT2D eigenvalue weighted by molar-refractivity contribution is -0.0378. The minimum Gasteiger partial charge on any atom is -0.496 e. The largest absolute Gasteiger partial charge is 0.496 e. The van der Waals surface area contributed by atoms with E-state index in [0.717, 1.165) is 24.4 Å². The van der Waals surface area contributed by atoms with Crippen molar-refractivity contribution in [3.8, 4) is 5.75 Å². The number of methoxy groups -OCH3 is 1. The first kappa shape index (κ1) is 18.0. The molecule has 1 aromatic rings. The Labute approximate surface area is 128 Å². The van der Waals surface area contributed by atoms with Gasteiger partial charge in [0.1, 0.15) is 5.75 Å². The van der Waals surface area contributed by atoms with Gasteiger partial charge in [0.2, 0.25) is 0 Å². The monoisotopic (exact) mass is 295 g/mol. The highest BCUT2D eigenvalue weighted by atomic mass is 16.5. The molecule has 0 aromatic heterocycles. The first-order chi connectivity index (χ1) is 9.96. The van der Waals surface area contributed by atoms with Crippen LogP contribution in [0.2, 0.25) is 0 Å². The second kappa shape index (κ2) is 9.03. The molecule has 0 spiro atoms. The molecular weight excluding hydrogens is 266 g/mol. The molecular formula is C17H29NO3. The summed E-state index contributed by atoms with van der Waals surface area (Å²) >= 11 is 0. The lowest BCUT2D eigenvalue weighted by atomic mass is 10.1. The highest BCUT2D eigenvalue weighted by molar-refractivity contribution is 5.36. The average Bonchev–Trinajstić information content (AvgIpc) is 2.43. The zero-order valence-electron chi connectivity index (χ0n) is 14.0. The van der Waals surface area contributed by atoms with E-state index >= 15 is 0 Å². The molecule has 0 aliphatic carbocycles. The van der Waals surface area contributed by atoms with Crippen molar-refractivity contribution in [2.45, 2.75) is 46.4 Å². The van der Waals surface area contributed by atoms with Gasteiger partial charge < -0.3 is 19.5 Å². The van der Waals surface area contributed by atoms with Gasteiger partial charge in [0.05, 0.1) is 32.5 Å². The van der Waals surface area contributed by atoms with Crippen molar-refractivity contribution >= 4 is 0 Å². The molecule has 0 unspecified atom stereocenters. The predicted octanol–water partition coefficient (Wildman–Crippen LogP) is 3.14. The molecule has 1 N–H and O–H groups in total. The van der Waals surface area contributed by atoms with Crippen LogP contribution in [0.15, 0.2) is 18.2 Å². The molecule has 21 heavy (non-hydrogen) atoms. The van der Waals surface area contributed by atoms with Crippen LogP contribution in [-0.4, -0.2) is 32.5 Å².